The van der Waals surface area contributed by atoms with Crippen LogP contribution >= 0.6 is 0 Å². The summed E-state index contributed by atoms with van der Waals surface area (Å²) in [5.74, 6) is 0.993. The van der Waals surface area contributed by atoms with Crippen LogP contribution in [0.4, 0.5) is 5.69 Å². The van der Waals surface area contributed by atoms with Gasteiger partial charge < -0.3 is 14.8 Å². The van der Waals surface area contributed by atoms with E-state index in [0.717, 1.165) is 5.56 Å². The van der Waals surface area contributed by atoms with Crippen LogP contribution in [0, 0.1) is 0 Å². The largest absolute Gasteiger partial charge is 0.497 e. The molecule has 1 amide bonds. The maximum absolute atomic E-state index is 11.9. The number of hydrogen-bond donors (Lipinski definition) is 1. The maximum Gasteiger partial charge on any atom is 0.248 e. The Balaban J connectivity index is 2.07. The minimum atomic E-state index is -0.234. The number of amides is 1. The highest BCUT2D eigenvalue weighted by molar-refractivity contribution is 6.02. The summed E-state index contributed by atoms with van der Waals surface area (Å²) in [6.45, 7) is 0. The SMILES string of the molecule is COc1cc(NC(=O)/C=C/c2ccncc2)cc(OC)c1. The molecule has 0 fully saturated rings. The predicted molar refractivity (Wildman–Crippen MR) is 81.4 cm³/mol. The Hall–Kier alpha value is -2.82. The van der Waals surface area contributed by atoms with Crippen LogP contribution in [0.15, 0.2) is 48.8 Å². The van der Waals surface area contributed by atoms with E-state index in [-0.39, 0.29) is 5.91 Å². The van der Waals surface area contributed by atoms with Gasteiger partial charge in [-0.2, -0.15) is 0 Å². The summed E-state index contributed by atoms with van der Waals surface area (Å²) in [4.78, 5) is 15.8. The zero-order chi connectivity index (χ0) is 15.1. The second-order valence-electron chi connectivity index (χ2n) is 4.20. The molecule has 5 heteroatoms. The monoisotopic (exact) mass is 284 g/mol. The summed E-state index contributed by atoms with van der Waals surface area (Å²) in [5.41, 5.74) is 1.51. The minimum absolute atomic E-state index is 0.234. The first-order valence-electron chi connectivity index (χ1n) is 6.33. The standard InChI is InChI=1S/C16H16N2O3/c1-20-14-9-13(10-15(11-14)21-2)18-16(19)4-3-12-5-7-17-8-6-12/h3-11H,1-2H3,(H,18,19)/b4-3+. The van der Waals surface area contributed by atoms with Crippen LogP contribution in [0.2, 0.25) is 0 Å². The van der Waals surface area contributed by atoms with E-state index in [1.807, 2.05) is 12.1 Å². The van der Waals surface area contributed by atoms with Gasteiger partial charge in [-0.15, -0.1) is 0 Å². The second-order valence-corrected chi connectivity index (χ2v) is 4.20. The van der Waals surface area contributed by atoms with Crippen molar-refractivity contribution in [2.24, 2.45) is 0 Å². The zero-order valence-corrected chi connectivity index (χ0v) is 11.9. The van der Waals surface area contributed by atoms with Crippen molar-refractivity contribution >= 4 is 17.7 Å². The number of rotatable bonds is 5. The van der Waals surface area contributed by atoms with Gasteiger partial charge in [0, 0.05) is 42.4 Å². The molecular formula is C16H16N2O3. The van der Waals surface area contributed by atoms with Gasteiger partial charge in [-0.25, -0.2) is 0 Å². The van der Waals surface area contributed by atoms with Crippen molar-refractivity contribution in [3.63, 3.8) is 0 Å². The Morgan fingerprint density at radius 2 is 1.71 bits per heavy atom. The number of nitrogens with one attached hydrogen (secondary N) is 1. The number of pyridine rings is 1. The lowest BCUT2D eigenvalue weighted by Gasteiger charge is -2.08. The summed E-state index contributed by atoms with van der Waals surface area (Å²) >= 11 is 0. The molecule has 1 aromatic heterocycles. The average molecular weight is 284 g/mol. The van der Waals surface area contributed by atoms with Gasteiger partial charge in [0.15, 0.2) is 0 Å². The summed E-state index contributed by atoms with van der Waals surface area (Å²) in [5, 5.41) is 2.76. The lowest BCUT2D eigenvalue weighted by Crippen LogP contribution is -2.08. The van der Waals surface area contributed by atoms with Crippen molar-refractivity contribution < 1.29 is 14.3 Å². The van der Waals surface area contributed by atoms with Crippen LogP contribution in [0.5, 0.6) is 11.5 Å². The van der Waals surface area contributed by atoms with Crippen LogP contribution in [0.25, 0.3) is 6.08 Å². The number of ether oxygens (including phenoxy) is 2. The van der Waals surface area contributed by atoms with Gasteiger partial charge in [0.05, 0.1) is 14.2 Å². The van der Waals surface area contributed by atoms with E-state index in [1.54, 1.807) is 50.9 Å². The van der Waals surface area contributed by atoms with Gasteiger partial charge in [0.1, 0.15) is 11.5 Å². The Morgan fingerprint density at radius 3 is 2.29 bits per heavy atom. The molecule has 2 rings (SSSR count). The van der Waals surface area contributed by atoms with Gasteiger partial charge in [0.2, 0.25) is 5.91 Å². The lowest BCUT2D eigenvalue weighted by molar-refractivity contribution is -0.111. The van der Waals surface area contributed by atoms with Crippen molar-refractivity contribution in [1.82, 2.24) is 4.98 Å². The van der Waals surface area contributed by atoms with E-state index in [9.17, 15) is 4.79 Å². The summed E-state index contributed by atoms with van der Waals surface area (Å²) in [7, 11) is 3.12. The number of carbonyl (C=O) groups is 1. The fourth-order valence-electron chi connectivity index (χ4n) is 1.71. The fraction of sp³-hybridized carbons (Fsp3) is 0.125. The van der Waals surface area contributed by atoms with Gasteiger partial charge >= 0.3 is 0 Å². The van der Waals surface area contributed by atoms with Crippen LogP contribution in [-0.2, 0) is 4.79 Å². The molecule has 0 aliphatic heterocycles. The van der Waals surface area contributed by atoms with E-state index in [4.69, 9.17) is 9.47 Å². The molecule has 1 heterocycles. The summed E-state index contributed by atoms with van der Waals surface area (Å²) in [6.07, 6.45) is 6.52. The number of carbonyl (C=O) groups excluding carboxylic acids is 1. The van der Waals surface area contributed by atoms with E-state index >= 15 is 0 Å². The highest BCUT2D eigenvalue weighted by Gasteiger charge is 2.04. The van der Waals surface area contributed by atoms with Crippen molar-refractivity contribution in [3.05, 3.63) is 54.4 Å². The molecule has 0 saturated heterocycles. The summed E-state index contributed by atoms with van der Waals surface area (Å²) in [6, 6.07) is 8.82. The molecule has 1 N–H and O–H groups in total. The number of hydrogen-bond acceptors (Lipinski definition) is 4. The Morgan fingerprint density at radius 1 is 1.10 bits per heavy atom. The van der Waals surface area contributed by atoms with Crippen LogP contribution in [-0.4, -0.2) is 25.1 Å². The van der Waals surface area contributed by atoms with Gasteiger partial charge in [-0.1, -0.05) is 0 Å². The maximum atomic E-state index is 11.9. The smallest absolute Gasteiger partial charge is 0.248 e. The normalized spacial score (nSPS) is 10.4. The van der Waals surface area contributed by atoms with E-state index in [2.05, 4.69) is 10.3 Å². The number of nitrogens with zero attached hydrogens (tertiary/aromatic N) is 1. The molecule has 0 spiro atoms. The Bertz CT molecular complexity index is 617. The predicted octanol–water partition coefficient (Wildman–Crippen LogP) is 2.75. The third-order valence-electron chi connectivity index (χ3n) is 2.75. The van der Waals surface area contributed by atoms with E-state index < -0.39 is 0 Å². The van der Waals surface area contributed by atoms with Crippen LogP contribution in [0.3, 0.4) is 0 Å². The molecule has 2 aromatic rings. The van der Waals surface area contributed by atoms with Crippen molar-refractivity contribution in [3.8, 4) is 11.5 Å². The number of benzene rings is 1. The van der Waals surface area contributed by atoms with Gasteiger partial charge in [-0.3, -0.25) is 9.78 Å². The summed E-state index contributed by atoms with van der Waals surface area (Å²) < 4.78 is 10.3. The highest BCUT2D eigenvalue weighted by atomic mass is 16.5. The number of aromatic nitrogens is 1. The Kier molecular flexibility index (Phi) is 4.93. The topological polar surface area (TPSA) is 60.5 Å². The molecule has 1 aromatic carbocycles. The third kappa shape index (κ3) is 4.35. The molecule has 0 saturated carbocycles. The first-order valence-corrected chi connectivity index (χ1v) is 6.33. The molecule has 108 valence electrons. The van der Waals surface area contributed by atoms with Crippen LogP contribution < -0.4 is 14.8 Å². The van der Waals surface area contributed by atoms with E-state index in [0.29, 0.717) is 17.2 Å². The lowest BCUT2D eigenvalue weighted by atomic mass is 10.2. The molecular weight excluding hydrogens is 268 g/mol. The average Bonchev–Trinajstić information content (AvgIpc) is 2.53. The number of anilines is 1. The first-order chi connectivity index (χ1) is 10.2. The molecule has 0 unspecified atom stereocenters. The molecule has 0 bridgehead atoms. The van der Waals surface area contributed by atoms with Gasteiger partial charge in [-0.05, 0) is 23.8 Å². The quantitative estimate of drug-likeness (QED) is 0.858. The van der Waals surface area contributed by atoms with Gasteiger partial charge in [0.25, 0.3) is 0 Å². The third-order valence-corrected chi connectivity index (χ3v) is 2.75. The molecule has 21 heavy (non-hydrogen) atoms. The van der Waals surface area contributed by atoms with Crippen molar-refractivity contribution in [2.45, 2.75) is 0 Å². The molecule has 5 nitrogen and oxygen atoms in total. The molecule has 0 radical (unpaired) electrons. The fourth-order valence-corrected chi connectivity index (χ4v) is 1.71. The van der Waals surface area contributed by atoms with Crippen molar-refractivity contribution in [1.29, 1.82) is 0 Å². The van der Waals surface area contributed by atoms with Crippen LogP contribution in [0.1, 0.15) is 5.56 Å². The molecule has 0 atom stereocenters. The molecule has 0 aliphatic rings. The minimum Gasteiger partial charge on any atom is -0.497 e. The number of methoxy groups -OCH3 is 2. The second kappa shape index (κ2) is 7.09. The van der Waals surface area contributed by atoms with Crippen molar-refractivity contribution in [2.75, 3.05) is 19.5 Å². The first kappa shape index (κ1) is 14.6. The van der Waals surface area contributed by atoms with E-state index in [1.165, 1.54) is 6.08 Å². The highest BCUT2D eigenvalue weighted by Crippen LogP contribution is 2.25. The molecule has 0 aliphatic carbocycles. The zero-order valence-electron chi connectivity index (χ0n) is 11.9. The Labute approximate surface area is 123 Å².